The molecule has 1 saturated heterocycles. The first-order valence-electron chi connectivity index (χ1n) is 7.75. The van der Waals surface area contributed by atoms with Gasteiger partial charge in [-0.2, -0.15) is 0 Å². The molecule has 1 heterocycles. The van der Waals surface area contributed by atoms with Gasteiger partial charge in [0.1, 0.15) is 0 Å². The van der Waals surface area contributed by atoms with Crippen LogP contribution < -0.4 is 5.32 Å². The fourth-order valence-corrected chi connectivity index (χ4v) is 3.67. The Hall–Kier alpha value is -1.26. The van der Waals surface area contributed by atoms with Crippen molar-refractivity contribution in [1.82, 2.24) is 10.2 Å². The molecule has 120 valence electrons. The van der Waals surface area contributed by atoms with Crippen LogP contribution in [-0.4, -0.2) is 41.1 Å². The zero-order valence-corrected chi connectivity index (χ0v) is 14.0. The van der Waals surface area contributed by atoms with E-state index in [4.69, 9.17) is 0 Å². The summed E-state index contributed by atoms with van der Waals surface area (Å²) in [6.45, 7) is 13.3. The number of urea groups is 1. The van der Waals surface area contributed by atoms with Crippen LogP contribution in [0, 0.1) is 22.2 Å². The van der Waals surface area contributed by atoms with Crippen molar-refractivity contribution in [3.05, 3.63) is 0 Å². The SMILES string of the molecule is CC(C)C1(C(=O)O)CCN(C(=O)NC2C(C)(C)C2(C)C)C1. The van der Waals surface area contributed by atoms with E-state index in [-0.39, 0.29) is 28.8 Å². The number of hydrogen-bond acceptors (Lipinski definition) is 2. The predicted molar refractivity (Wildman–Crippen MR) is 81.0 cm³/mol. The molecule has 0 spiro atoms. The largest absolute Gasteiger partial charge is 0.481 e. The number of carboxylic acids is 1. The molecule has 1 aliphatic carbocycles. The van der Waals surface area contributed by atoms with Gasteiger partial charge >= 0.3 is 12.0 Å². The molecule has 2 amide bonds. The number of nitrogens with one attached hydrogen (secondary N) is 1. The highest BCUT2D eigenvalue weighted by Crippen LogP contribution is 2.62. The maximum absolute atomic E-state index is 12.4. The van der Waals surface area contributed by atoms with Gasteiger partial charge in [0.25, 0.3) is 0 Å². The average Bonchev–Trinajstić information content (AvgIpc) is 2.75. The van der Waals surface area contributed by atoms with Gasteiger partial charge in [-0.3, -0.25) is 4.79 Å². The number of amides is 2. The Morgan fingerprint density at radius 2 is 1.71 bits per heavy atom. The Morgan fingerprint density at radius 1 is 1.19 bits per heavy atom. The summed E-state index contributed by atoms with van der Waals surface area (Å²) in [5, 5.41) is 12.6. The molecule has 1 aliphatic heterocycles. The summed E-state index contributed by atoms with van der Waals surface area (Å²) < 4.78 is 0. The molecule has 5 nitrogen and oxygen atoms in total. The number of carboxylic acid groups (broad SMARTS) is 1. The van der Waals surface area contributed by atoms with Gasteiger partial charge in [0, 0.05) is 19.1 Å². The van der Waals surface area contributed by atoms with Crippen molar-refractivity contribution in [1.29, 1.82) is 0 Å². The third-order valence-corrected chi connectivity index (χ3v) is 6.41. The number of hydrogen-bond donors (Lipinski definition) is 2. The number of carbonyl (C=O) groups excluding carboxylic acids is 1. The first kappa shape index (κ1) is 16.1. The molecule has 1 unspecified atom stereocenters. The third-order valence-electron chi connectivity index (χ3n) is 6.41. The molecule has 0 radical (unpaired) electrons. The summed E-state index contributed by atoms with van der Waals surface area (Å²) >= 11 is 0. The molecule has 1 saturated carbocycles. The molecule has 21 heavy (non-hydrogen) atoms. The fourth-order valence-electron chi connectivity index (χ4n) is 3.67. The van der Waals surface area contributed by atoms with E-state index in [0.717, 1.165) is 0 Å². The van der Waals surface area contributed by atoms with Crippen molar-refractivity contribution in [3.63, 3.8) is 0 Å². The summed E-state index contributed by atoms with van der Waals surface area (Å²) in [5.41, 5.74) is -0.624. The number of likely N-dealkylation sites (tertiary alicyclic amines) is 1. The Kier molecular flexibility index (Phi) is 3.54. The molecule has 0 aromatic heterocycles. The minimum atomic E-state index is -0.800. The van der Waals surface area contributed by atoms with Crippen molar-refractivity contribution in [2.45, 2.75) is 54.0 Å². The van der Waals surface area contributed by atoms with Crippen LogP contribution in [0.1, 0.15) is 48.0 Å². The smallest absolute Gasteiger partial charge is 0.317 e. The number of rotatable bonds is 3. The van der Waals surface area contributed by atoms with Crippen LogP contribution in [-0.2, 0) is 4.79 Å². The summed E-state index contributed by atoms with van der Waals surface area (Å²) in [6, 6.07) is 0.0267. The first-order valence-corrected chi connectivity index (χ1v) is 7.75. The minimum absolute atomic E-state index is 0.0154. The topological polar surface area (TPSA) is 69.6 Å². The minimum Gasteiger partial charge on any atom is -0.481 e. The van der Waals surface area contributed by atoms with E-state index in [0.29, 0.717) is 19.5 Å². The number of nitrogens with zero attached hydrogens (tertiary/aromatic N) is 1. The highest BCUT2D eigenvalue weighted by molar-refractivity contribution is 5.80. The van der Waals surface area contributed by atoms with E-state index in [2.05, 4.69) is 33.0 Å². The Morgan fingerprint density at radius 3 is 2.05 bits per heavy atom. The zero-order chi connectivity index (χ0) is 16.2. The summed E-state index contributed by atoms with van der Waals surface area (Å²) in [6.07, 6.45) is 0.533. The monoisotopic (exact) mass is 296 g/mol. The molecule has 0 bridgehead atoms. The lowest BCUT2D eigenvalue weighted by atomic mass is 9.76. The maximum atomic E-state index is 12.4. The maximum Gasteiger partial charge on any atom is 0.317 e. The molecular weight excluding hydrogens is 268 g/mol. The van der Waals surface area contributed by atoms with E-state index < -0.39 is 11.4 Å². The molecule has 1 atom stereocenters. The Balaban J connectivity index is 2.02. The molecule has 2 rings (SSSR count). The third kappa shape index (κ3) is 2.21. The second kappa shape index (κ2) is 4.62. The van der Waals surface area contributed by atoms with Crippen molar-refractivity contribution < 1.29 is 14.7 Å². The van der Waals surface area contributed by atoms with E-state index in [1.165, 1.54) is 0 Å². The molecule has 2 N–H and O–H groups in total. The van der Waals surface area contributed by atoms with Crippen LogP contribution in [0.5, 0.6) is 0 Å². The number of carbonyl (C=O) groups is 2. The molecule has 0 aromatic carbocycles. The van der Waals surface area contributed by atoms with Crippen molar-refractivity contribution in [2.75, 3.05) is 13.1 Å². The van der Waals surface area contributed by atoms with Gasteiger partial charge in [0.05, 0.1) is 5.41 Å². The van der Waals surface area contributed by atoms with Gasteiger partial charge in [-0.25, -0.2) is 4.79 Å². The van der Waals surface area contributed by atoms with Gasteiger partial charge in [0.15, 0.2) is 0 Å². The highest BCUT2D eigenvalue weighted by Gasteiger charge is 2.65. The standard InChI is InChI=1S/C16H28N2O3/c1-10(2)16(12(19)20)7-8-18(9-16)13(21)17-11-14(3,4)15(11,5)6/h10-11H,7-9H2,1-6H3,(H,17,21)(H,19,20). The average molecular weight is 296 g/mol. The van der Waals surface area contributed by atoms with E-state index in [1.807, 2.05) is 13.8 Å². The van der Waals surface area contributed by atoms with Crippen molar-refractivity contribution in [3.8, 4) is 0 Å². The van der Waals surface area contributed by atoms with Crippen LogP contribution in [0.4, 0.5) is 4.79 Å². The predicted octanol–water partition coefficient (Wildman–Crippen LogP) is 2.56. The normalized spacial score (nSPS) is 30.5. The summed E-state index contributed by atoms with van der Waals surface area (Å²) in [5.74, 6) is -0.776. The molecule has 5 heteroatoms. The molecule has 2 fully saturated rings. The zero-order valence-electron chi connectivity index (χ0n) is 14.0. The molecular formula is C16H28N2O3. The van der Waals surface area contributed by atoms with Crippen LogP contribution in [0.2, 0.25) is 0 Å². The Labute approximate surface area is 127 Å². The second-order valence-corrected chi connectivity index (χ2v) is 8.11. The second-order valence-electron chi connectivity index (χ2n) is 8.11. The van der Waals surface area contributed by atoms with Gasteiger partial charge in [-0.15, -0.1) is 0 Å². The van der Waals surface area contributed by atoms with E-state index in [1.54, 1.807) is 4.90 Å². The molecule has 0 aromatic rings. The van der Waals surface area contributed by atoms with Gasteiger partial charge < -0.3 is 15.3 Å². The number of aliphatic carboxylic acids is 1. The van der Waals surface area contributed by atoms with E-state index in [9.17, 15) is 14.7 Å². The first-order chi connectivity index (χ1) is 9.46. The Bertz CT molecular complexity index is 456. The highest BCUT2D eigenvalue weighted by atomic mass is 16.4. The quantitative estimate of drug-likeness (QED) is 0.841. The summed E-state index contributed by atoms with van der Waals surface area (Å²) in [7, 11) is 0. The van der Waals surface area contributed by atoms with Crippen LogP contribution >= 0.6 is 0 Å². The lowest BCUT2D eigenvalue weighted by Crippen LogP contribution is -2.45. The van der Waals surface area contributed by atoms with Crippen molar-refractivity contribution in [2.24, 2.45) is 22.2 Å². The van der Waals surface area contributed by atoms with Crippen molar-refractivity contribution >= 4 is 12.0 Å². The lowest BCUT2D eigenvalue weighted by Gasteiger charge is -2.28. The van der Waals surface area contributed by atoms with Crippen LogP contribution in [0.25, 0.3) is 0 Å². The van der Waals surface area contributed by atoms with Gasteiger partial charge in [-0.1, -0.05) is 41.5 Å². The lowest BCUT2D eigenvalue weighted by molar-refractivity contribution is -0.150. The van der Waals surface area contributed by atoms with Crippen LogP contribution in [0.15, 0.2) is 0 Å². The molecule has 2 aliphatic rings. The summed E-state index contributed by atoms with van der Waals surface area (Å²) in [4.78, 5) is 25.7. The van der Waals surface area contributed by atoms with Gasteiger partial charge in [0.2, 0.25) is 0 Å². The van der Waals surface area contributed by atoms with E-state index >= 15 is 0 Å². The van der Waals surface area contributed by atoms with Crippen LogP contribution in [0.3, 0.4) is 0 Å². The van der Waals surface area contributed by atoms with Gasteiger partial charge in [-0.05, 0) is 23.2 Å². The fraction of sp³-hybridized carbons (Fsp3) is 0.875.